The SMILES string of the molecule is FC(F)(F)c1ccc(N(CCBr)C2CCCC2)nc1. The molecule has 6 heteroatoms. The molecule has 1 fully saturated rings. The zero-order valence-corrected chi connectivity index (χ0v) is 12.0. The summed E-state index contributed by atoms with van der Waals surface area (Å²) < 4.78 is 37.5. The third kappa shape index (κ3) is 3.61. The summed E-state index contributed by atoms with van der Waals surface area (Å²) in [4.78, 5) is 6.11. The van der Waals surface area contributed by atoms with Gasteiger partial charge in [0.2, 0.25) is 0 Å². The predicted octanol–water partition coefficient (Wildman–Crippen LogP) is 4.24. The van der Waals surface area contributed by atoms with Crippen LogP contribution in [0.25, 0.3) is 0 Å². The van der Waals surface area contributed by atoms with Crippen LogP contribution in [0.4, 0.5) is 19.0 Å². The van der Waals surface area contributed by atoms with E-state index in [4.69, 9.17) is 0 Å². The van der Waals surface area contributed by atoms with Gasteiger partial charge in [0.1, 0.15) is 5.82 Å². The standard InChI is InChI=1S/C13H16BrF3N2/c14-7-8-19(11-3-1-2-4-11)12-6-5-10(9-18-12)13(15,16)17/h5-6,9,11H,1-4,7-8H2. The van der Waals surface area contributed by atoms with Gasteiger partial charge < -0.3 is 4.90 Å². The van der Waals surface area contributed by atoms with E-state index in [1.165, 1.54) is 18.9 Å². The van der Waals surface area contributed by atoms with Crippen molar-refractivity contribution in [2.24, 2.45) is 0 Å². The maximum atomic E-state index is 12.5. The average Bonchev–Trinajstić information content (AvgIpc) is 2.89. The van der Waals surface area contributed by atoms with Gasteiger partial charge in [-0.05, 0) is 25.0 Å². The Hall–Kier alpha value is -0.780. The summed E-state index contributed by atoms with van der Waals surface area (Å²) in [5.41, 5.74) is -0.693. The molecule has 1 heterocycles. The number of aromatic nitrogens is 1. The third-order valence-corrected chi connectivity index (χ3v) is 3.81. The van der Waals surface area contributed by atoms with Crippen molar-refractivity contribution in [3.8, 4) is 0 Å². The molecule has 0 N–H and O–H groups in total. The van der Waals surface area contributed by atoms with Gasteiger partial charge in [-0.3, -0.25) is 0 Å². The van der Waals surface area contributed by atoms with E-state index in [0.29, 0.717) is 11.9 Å². The highest BCUT2D eigenvalue weighted by Gasteiger charge is 2.31. The molecule has 106 valence electrons. The quantitative estimate of drug-likeness (QED) is 0.764. The van der Waals surface area contributed by atoms with Gasteiger partial charge in [0.15, 0.2) is 0 Å². The van der Waals surface area contributed by atoms with Crippen LogP contribution in [0.2, 0.25) is 0 Å². The van der Waals surface area contributed by atoms with Crippen molar-refractivity contribution >= 4 is 21.7 Å². The molecule has 0 aliphatic heterocycles. The Bertz CT molecular complexity index is 399. The van der Waals surface area contributed by atoms with Crippen molar-refractivity contribution in [2.75, 3.05) is 16.8 Å². The summed E-state index contributed by atoms with van der Waals surface area (Å²) in [5, 5.41) is 0.784. The summed E-state index contributed by atoms with van der Waals surface area (Å²) in [6.07, 6.45) is 1.16. The van der Waals surface area contributed by atoms with Gasteiger partial charge in [0.25, 0.3) is 0 Å². The van der Waals surface area contributed by atoms with E-state index in [9.17, 15) is 13.2 Å². The molecule has 0 bridgehead atoms. The molecule has 0 radical (unpaired) electrons. The number of pyridine rings is 1. The Morgan fingerprint density at radius 2 is 1.95 bits per heavy atom. The molecule has 19 heavy (non-hydrogen) atoms. The minimum absolute atomic E-state index is 0.404. The monoisotopic (exact) mass is 336 g/mol. The molecule has 1 aromatic rings. The molecule has 2 rings (SSSR count). The maximum Gasteiger partial charge on any atom is 0.417 e. The fourth-order valence-corrected chi connectivity index (χ4v) is 2.90. The number of hydrogen-bond donors (Lipinski definition) is 0. The van der Waals surface area contributed by atoms with Crippen LogP contribution in [0.5, 0.6) is 0 Å². The van der Waals surface area contributed by atoms with E-state index in [1.807, 2.05) is 0 Å². The van der Waals surface area contributed by atoms with Crippen LogP contribution in [0.3, 0.4) is 0 Å². The van der Waals surface area contributed by atoms with Gasteiger partial charge >= 0.3 is 6.18 Å². The Kier molecular flexibility index (Phi) is 4.71. The zero-order valence-electron chi connectivity index (χ0n) is 10.5. The van der Waals surface area contributed by atoms with Gasteiger partial charge in [0, 0.05) is 24.1 Å². The van der Waals surface area contributed by atoms with Crippen LogP contribution in [0.15, 0.2) is 18.3 Å². The van der Waals surface area contributed by atoms with Gasteiger partial charge in [0.05, 0.1) is 5.56 Å². The second-order valence-electron chi connectivity index (χ2n) is 4.72. The highest BCUT2D eigenvalue weighted by atomic mass is 79.9. The van der Waals surface area contributed by atoms with E-state index >= 15 is 0 Å². The topological polar surface area (TPSA) is 16.1 Å². The number of halogens is 4. The van der Waals surface area contributed by atoms with Crippen molar-refractivity contribution in [3.63, 3.8) is 0 Å². The van der Waals surface area contributed by atoms with E-state index in [-0.39, 0.29) is 0 Å². The Labute approximate surface area is 119 Å². The molecule has 0 amide bonds. The minimum atomic E-state index is -4.32. The molecule has 0 atom stereocenters. The molecule has 0 aromatic carbocycles. The van der Waals surface area contributed by atoms with Crippen LogP contribution in [0.1, 0.15) is 31.2 Å². The molecule has 0 unspecified atom stereocenters. The number of rotatable bonds is 4. The van der Waals surface area contributed by atoms with Gasteiger partial charge in [-0.2, -0.15) is 13.2 Å². The smallest absolute Gasteiger partial charge is 0.353 e. The molecule has 1 aliphatic carbocycles. The number of alkyl halides is 4. The summed E-state index contributed by atoms with van der Waals surface area (Å²) in [6, 6.07) is 2.99. The summed E-state index contributed by atoms with van der Waals surface area (Å²) >= 11 is 3.39. The lowest BCUT2D eigenvalue weighted by Gasteiger charge is -2.29. The van der Waals surface area contributed by atoms with Crippen molar-refractivity contribution < 1.29 is 13.2 Å². The molecule has 0 saturated heterocycles. The van der Waals surface area contributed by atoms with E-state index < -0.39 is 11.7 Å². The molecule has 1 aromatic heterocycles. The van der Waals surface area contributed by atoms with Crippen molar-refractivity contribution in [2.45, 2.75) is 37.9 Å². The predicted molar refractivity (Wildman–Crippen MR) is 72.6 cm³/mol. The molecule has 1 saturated carbocycles. The van der Waals surface area contributed by atoms with Crippen LogP contribution in [-0.4, -0.2) is 22.9 Å². The zero-order chi connectivity index (χ0) is 13.9. The fraction of sp³-hybridized carbons (Fsp3) is 0.615. The van der Waals surface area contributed by atoms with Crippen LogP contribution >= 0.6 is 15.9 Å². The number of nitrogens with zero attached hydrogens (tertiary/aromatic N) is 2. The van der Waals surface area contributed by atoms with E-state index in [2.05, 4.69) is 25.8 Å². The van der Waals surface area contributed by atoms with Crippen molar-refractivity contribution in [3.05, 3.63) is 23.9 Å². The first-order valence-electron chi connectivity index (χ1n) is 6.38. The highest BCUT2D eigenvalue weighted by Crippen LogP contribution is 2.31. The van der Waals surface area contributed by atoms with Crippen LogP contribution in [0, 0.1) is 0 Å². The first-order chi connectivity index (χ1) is 9.02. The van der Waals surface area contributed by atoms with Crippen LogP contribution in [-0.2, 0) is 6.18 Å². The van der Waals surface area contributed by atoms with Gasteiger partial charge in [-0.15, -0.1) is 0 Å². The second-order valence-corrected chi connectivity index (χ2v) is 5.52. The minimum Gasteiger partial charge on any atom is -0.353 e. The summed E-state index contributed by atoms with van der Waals surface area (Å²) in [5.74, 6) is 0.638. The summed E-state index contributed by atoms with van der Waals surface area (Å²) in [7, 11) is 0. The Morgan fingerprint density at radius 3 is 2.42 bits per heavy atom. The van der Waals surface area contributed by atoms with Crippen molar-refractivity contribution in [1.29, 1.82) is 0 Å². The third-order valence-electron chi connectivity index (χ3n) is 3.46. The van der Waals surface area contributed by atoms with Crippen LogP contribution < -0.4 is 4.90 Å². The van der Waals surface area contributed by atoms with Gasteiger partial charge in [-0.1, -0.05) is 28.8 Å². The normalized spacial score (nSPS) is 16.8. The first kappa shape index (κ1) is 14.6. The Balaban J connectivity index is 2.17. The van der Waals surface area contributed by atoms with E-state index in [1.54, 1.807) is 0 Å². The molecule has 2 nitrogen and oxygen atoms in total. The van der Waals surface area contributed by atoms with Gasteiger partial charge in [-0.25, -0.2) is 4.98 Å². The van der Waals surface area contributed by atoms with Crippen molar-refractivity contribution in [1.82, 2.24) is 4.98 Å². The molecule has 1 aliphatic rings. The Morgan fingerprint density at radius 1 is 1.26 bits per heavy atom. The maximum absolute atomic E-state index is 12.5. The second kappa shape index (κ2) is 6.11. The lowest BCUT2D eigenvalue weighted by molar-refractivity contribution is -0.137. The molecular formula is C13H16BrF3N2. The number of hydrogen-bond acceptors (Lipinski definition) is 2. The number of anilines is 1. The fourth-order valence-electron chi connectivity index (χ4n) is 2.51. The largest absolute Gasteiger partial charge is 0.417 e. The average molecular weight is 337 g/mol. The molecular weight excluding hydrogens is 321 g/mol. The van der Waals surface area contributed by atoms with E-state index in [0.717, 1.165) is 37.0 Å². The lowest BCUT2D eigenvalue weighted by Crippen LogP contribution is -2.35. The summed E-state index contributed by atoms with van der Waals surface area (Å²) in [6.45, 7) is 0.767. The lowest BCUT2D eigenvalue weighted by atomic mass is 10.2. The molecule has 0 spiro atoms. The first-order valence-corrected chi connectivity index (χ1v) is 7.50. The highest BCUT2D eigenvalue weighted by molar-refractivity contribution is 9.09.